The molecule has 1 unspecified atom stereocenters. The Morgan fingerprint density at radius 3 is 2.91 bits per heavy atom. The second-order valence-corrected chi connectivity index (χ2v) is 6.54. The van der Waals surface area contributed by atoms with Gasteiger partial charge in [-0.05, 0) is 31.0 Å². The number of amides is 1. The van der Waals surface area contributed by atoms with Crippen LogP contribution in [0.4, 0.5) is 4.39 Å². The van der Waals surface area contributed by atoms with Crippen LogP contribution in [0.1, 0.15) is 29.6 Å². The molecule has 1 saturated carbocycles. The molecule has 1 atom stereocenters. The van der Waals surface area contributed by atoms with Crippen LogP contribution in [0.5, 0.6) is 0 Å². The molecule has 1 amide bonds. The maximum Gasteiger partial charge on any atom is 0.254 e. The maximum atomic E-state index is 14.1. The minimum Gasteiger partial charge on any atom is -0.336 e. The van der Waals surface area contributed by atoms with Gasteiger partial charge in [0.15, 0.2) is 0 Å². The Morgan fingerprint density at radius 2 is 2.23 bits per heavy atom. The molecule has 1 aromatic carbocycles. The van der Waals surface area contributed by atoms with E-state index in [4.69, 9.17) is 5.73 Å². The van der Waals surface area contributed by atoms with Crippen LogP contribution < -0.4 is 5.73 Å². The van der Waals surface area contributed by atoms with Gasteiger partial charge in [0.05, 0.1) is 0 Å². The third-order valence-electron chi connectivity index (χ3n) is 5.25. The van der Waals surface area contributed by atoms with Gasteiger partial charge >= 0.3 is 0 Å². The smallest absolute Gasteiger partial charge is 0.254 e. The van der Waals surface area contributed by atoms with Crippen molar-refractivity contribution in [3.05, 3.63) is 41.8 Å². The molecule has 1 aromatic heterocycles. The summed E-state index contributed by atoms with van der Waals surface area (Å²) in [7, 11) is 0. The summed E-state index contributed by atoms with van der Waals surface area (Å²) in [4.78, 5) is 18.5. The fourth-order valence-electron chi connectivity index (χ4n) is 3.76. The summed E-state index contributed by atoms with van der Waals surface area (Å²) in [5.41, 5.74) is 7.00. The Kier molecular flexibility index (Phi) is 2.94. The molecule has 1 aliphatic carbocycles. The zero-order valence-corrected chi connectivity index (χ0v) is 12.3. The molecular weight excluding hydrogens is 281 g/mol. The summed E-state index contributed by atoms with van der Waals surface area (Å²) >= 11 is 0. The topological polar surface area (TPSA) is 59.2 Å². The van der Waals surface area contributed by atoms with Gasteiger partial charge in [-0.2, -0.15) is 0 Å². The lowest BCUT2D eigenvalue weighted by Gasteiger charge is -2.41. The van der Waals surface area contributed by atoms with Crippen molar-refractivity contribution in [1.82, 2.24) is 9.88 Å². The van der Waals surface area contributed by atoms with Crippen LogP contribution in [0.2, 0.25) is 0 Å². The number of fused-ring (bicyclic) bond motifs is 1. The van der Waals surface area contributed by atoms with Gasteiger partial charge in [-0.15, -0.1) is 0 Å². The van der Waals surface area contributed by atoms with Crippen LogP contribution in [0, 0.1) is 11.2 Å². The molecule has 0 radical (unpaired) electrons. The van der Waals surface area contributed by atoms with Crippen molar-refractivity contribution in [2.24, 2.45) is 11.1 Å². The second kappa shape index (κ2) is 4.74. The van der Waals surface area contributed by atoms with Gasteiger partial charge in [-0.1, -0.05) is 12.5 Å². The molecule has 2 N–H and O–H groups in total. The van der Waals surface area contributed by atoms with E-state index in [1.165, 1.54) is 12.5 Å². The van der Waals surface area contributed by atoms with Crippen LogP contribution in [0.15, 0.2) is 30.5 Å². The normalized spacial score (nSPS) is 23.0. The SMILES string of the molecule is NC1CN(C(=O)c2cc(F)c3ncccc3c2)CC12CCC2. The number of carbonyl (C=O) groups excluding carboxylic acids is 1. The first-order valence-electron chi connectivity index (χ1n) is 7.68. The Morgan fingerprint density at radius 1 is 1.41 bits per heavy atom. The van der Waals surface area contributed by atoms with E-state index in [1.807, 2.05) is 0 Å². The van der Waals surface area contributed by atoms with E-state index in [9.17, 15) is 9.18 Å². The third-order valence-corrected chi connectivity index (χ3v) is 5.25. The monoisotopic (exact) mass is 299 g/mol. The van der Waals surface area contributed by atoms with Gasteiger partial charge in [-0.3, -0.25) is 9.78 Å². The van der Waals surface area contributed by atoms with Gasteiger partial charge in [0.25, 0.3) is 5.91 Å². The lowest BCUT2D eigenvalue weighted by atomic mass is 9.66. The fraction of sp³-hybridized carbons (Fsp3) is 0.412. The predicted molar refractivity (Wildman–Crippen MR) is 81.9 cm³/mol. The van der Waals surface area contributed by atoms with E-state index >= 15 is 0 Å². The first-order chi connectivity index (χ1) is 10.6. The van der Waals surface area contributed by atoms with Gasteiger partial charge in [-0.25, -0.2) is 4.39 Å². The molecular formula is C17H18FN3O. The van der Waals surface area contributed by atoms with E-state index in [2.05, 4.69) is 4.98 Å². The van der Waals surface area contributed by atoms with Crippen molar-refractivity contribution in [3.8, 4) is 0 Å². The number of aromatic nitrogens is 1. The summed E-state index contributed by atoms with van der Waals surface area (Å²) in [6.45, 7) is 1.26. The molecule has 1 aliphatic heterocycles. The molecule has 4 rings (SSSR count). The fourth-order valence-corrected chi connectivity index (χ4v) is 3.76. The van der Waals surface area contributed by atoms with Crippen molar-refractivity contribution in [2.75, 3.05) is 13.1 Å². The van der Waals surface area contributed by atoms with E-state index in [0.717, 1.165) is 12.8 Å². The van der Waals surface area contributed by atoms with Crippen LogP contribution in [-0.4, -0.2) is 34.9 Å². The number of nitrogens with zero attached hydrogens (tertiary/aromatic N) is 2. The number of hydrogen-bond acceptors (Lipinski definition) is 3. The molecule has 22 heavy (non-hydrogen) atoms. The number of nitrogens with two attached hydrogens (primary N) is 1. The van der Waals surface area contributed by atoms with Crippen molar-refractivity contribution in [2.45, 2.75) is 25.3 Å². The van der Waals surface area contributed by atoms with Crippen LogP contribution in [0.3, 0.4) is 0 Å². The van der Waals surface area contributed by atoms with E-state index < -0.39 is 5.82 Å². The summed E-state index contributed by atoms with van der Waals surface area (Å²) in [6, 6.07) is 6.55. The molecule has 2 fully saturated rings. The molecule has 2 aromatic rings. The number of carbonyl (C=O) groups is 1. The minimum absolute atomic E-state index is 0.0390. The Labute approximate surface area is 128 Å². The standard InChI is InChI=1S/C17H18FN3O/c18-13-8-12(7-11-3-1-6-20-15(11)13)16(22)21-9-14(19)17(10-21)4-2-5-17/h1,3,6-8,14H,2,4-5,9-10,19H2. The molecule has 4 nitrogen and oxygen atoms in total. The molecule has 1 saturated heterocycles. The Bertz CT molecular complexity index is 757. The summed E-state index contributed by atoms with van der Waals surface area (Å²) in [6.07, 6.45) is 4.92. The van der Waals surface area contributed by atoms with Crippen molar-refractivity contribution >= 4 is 16.8 Å². The highest BCUT2D eigenvalue weighted by molar-refractivity contribution is 5.98. The minimum atomic E-state index is -0.455. The zero-order chi connectivity index (χ0) is 15.3. The van der Waals surface area contributed by atoms with Gasteiger partial charge in [0.2, 0.25) is 0 Å². The lowest BCUT2D eigenvalue weighted by molar-refractivity contribution is 0.0726. The number of likely N-dealkylation sites (tertiary alicyclic amines) is 1. The molecule has 114 valence electrons. The Balaban J connectivity index is 1.66. The summed E-state index contributed by atoms with van der Waals surface area (Å²) < 4.78 is 14.1. The highest BCUT2D eigenvalue weighted by Crippen LogP contribution is 2.47. The maximum absolute atomic E-state index is 14.1. The second-order valence-electron chi connectivity index (χ2n) is 6.54. The molecule has 1 spiro atoms. The average Bonchev–Trinajstić information content (AvgIpc) is 2.84. The third kappa shape index (κ3) is 1.92. The number of benzene rings is 1. The highest BCUT2D eigenvalue weighted by Gasteiger charge is 2.49. The first-order valence-corrected chi connectivity index (χ1v) is 7.68. The quantitative estimate of drug-likeness (QED) is 0.879. The van der Waals surface area contributed by atoms with Crippen LogP contribution >= 0.6 is 0 Å². The average molecular weight is 299 g/mol. The van der Waals surface area contributed by atoms with Crippen LogP contribution in [-0.2, 0) is 0 Å². The van der Waals surface area contributed by atoms with E-state index in [1.54, 1.807) is 29.3 Å². The van der Waals surface area contributed by atoms with Gasteiger partial charge < -0.3 is 10.6 Å². The number of pyridine rings is 1. The summed E-state index contributed by atoms with van der Waals surface area (Å²) in [5, 5.41) is 0.646. The zero-order valence-electron chi connectivity index (χ0n) is 12.3. The van der Waals surface area contributed by atoms with Crippen molar-refractivity contribution in [1.29, 1.82) is 0 Å². The molecule has 5 heteroatoms. The summed E-state index contributed by atoms with van der Waals surface area (Å²) in [5.74, 6) is -0.591. The first kappa shape index (κ1) is 13.6. The van der Waals surface area contributed by atoms with Crippen LogP contribution in [0.25, 0.3) is 10.9 Å². The van der Waals surface area contributed by atoms with Gasteiger partial charge in [0, 0.05) is 41.7 Å². The highest BCUT2D eigenvalue weighted by atomic mass is 19.1. The number of halogens is 1. The predicted octanol–water partition coefficient (Wildman–Crippen LogP) is 2.33. The van der Waals surface area contributed by atoms with E-state index in [0.29, 0.717) is 29.6 Å². The van der Waals surface area contributed by atoms with Gasteiger partial charge in [0.1, 0.15) is 11.3 Å². The molecule has 0 bridgehead atoms. The van der Waals surface area contributed by atoms with Crippen molar-refractivity contribution < 1.29 is 9.18 Å². The number of rotatable bonds is 1. The van der Waals surface area contributed by atoms with Crippen molar-refractivity contribution in [3.63, 3.8) is 0 Å². The number of hydrogen-bond donors (Lipinski definition) is 1. The largest absolute Gasteiger partial charge is 0.336 e. The molecule has 2 aliphatic rings. The Hall–Kier alpha value is -2.01. The molecule has 2 heterocycles. The lowest BCUT2D eigenvalue weighted by Crippen LogP contribution is -2.45. The van der Waals surface area contributed by atoms with E-state index in [-0.39, 0.29) is 17.4 Å².